The minimum atomic E-state index is -0.474. The molecular weight excluding hydrogens is 218 g/mol. The van der Waals surface area contributed by atoms with Crippen LogP contribution < -0.4 is 16.0 Å². The smallest absolute Gasteiger partial charge is 0.242 e. The zero-order valence-corrected chi connectivity index (χ0v) is 11.0. The minimum absolute atomic E-state index is 0.0238. The molecule has 0 aromatic carbocycles. The van der Waals surface area contributed by atoms with E-state index in [1.54, 1.807) is 6.92 Å². The van der Waals surface area contributed by atoms with Gasteiger partial charge in [-0.05, 0) is 33.2 Å². The van der Waals surface area contributed by atoms with Crippen molar-refractivity contribution in [1.82, 2.24) is 16.0 Å². The Bertz CT molecular complexity index is 291. The lowest BCUT2D eigenvalue weighted by Gasteiger charge is -2.19. The first-order valence-electron chi connectivity index (χ1n) is 6.23. The van der Waals surface area contributed by atoms with Crippen molar-refractivity contribution in [2.24, 2.45) is 11.8 Å². The van der Waals surface area contributed by atoms with Crippen LogP contribution in [0.5, 0.6) is 0 Å². The third-order valence-electron chi connectivity index (χ3n) is 3.04. The molecule has 1 aliphatic heterocycles. The predicted octanol–water partition coefficient (Wildman–Crippen LogP) is -0.129. The van der Waals surface area contributed by atoms with Crippen LogP contribution in [0.2, 0.25) is 0 Å². The second-order valence-electron chi connectivity index (χ2n) is 5.14. The van der Waals surface area contributed by atoms with Crippen molar-refractivity contribution in [1.29, 1.82) is 0 Å². The molecule has 1 saturated heterocycles. The highest BCUT2D eigenvalue weighted by atomic mass is 16.2. The summed E-state index contributed by atoms with van der Waals surface area (Å²) < 4.78 is 0. The summed E-state index contributed by atoms with van der Waals surface area (Å²) in [5.41, 5.74) is 0. The first-order chi connectivity index (χ1) is 7.91. The summed E-state index contributed by atoms with van der Waals surface area (Å²) in [6.45, 7) is 9.12. The first-order valence-corrected chi connectivity index (χ1v) is 6.23. The normalized spacial score (nSPS) is 25.7. The molecule has 0 aliphatic carbocycles. The minimum Gasteiger partial charge on any atom is -0.352 e. The highest BCUT2D eigenvalue weighted by molar-refractivity contribution is 5.88. The molecule has 0 radical (unpaired) electrons. The topological polar surface area (TPSA) is 70.2 Å². The van der Waals surface area contributed by atoms with E-state index < -0.39 is 6.04 Å². The van der Waals surface area contributed by atoms with Gasteiger partial charge in [-0.25, -0.2) is 0 Å². The zero-order valence-electron chi connectivity index (χ0n) is 11.0. The molecule has 3 atom stereocenters. The van der Waals surface area contributed by atoms with Crippen LogP contribution in [-0.2, 0) is 9.59 Å². The molecule has 0 aromatic heterocycles. The van der Waals surface area contributed by atoms with Crippen molar-refractivity contribution in [3.8, 4) is 0 Å². The van der Waals surface area contributed by atoms with Crippen molar-refractivity contribution in [3.63, 3.8) is 0 Å². The van der Waals surface area contributed by atoms with E-state index in [-0.39, 0.29) is 23.8 Å². The molecule has 3 unspecified atom stereocenters. The summed E-state index contributed by atoms with van der Waals surface area (Å²) in [5.74, 6) is 0.139. The number of nitrogens with one attached hydrogen (secondary N) is 3. The van der Waals surface area contributed by atoms with Crippen molar-refractivity contribution >= 4 is 11.8 Å². The van der Waals surface area contributed by atoms with Crippen molar-refractivity contribution in [2.45, 2.75) is 39.8 Å². The Morgan fingerprint density at radius 3 is 2.29 bits per heavy atom. The average Bonchev–Trinajstić information content (AvgIpc) is 2.63. The molecule has 0 spiro atoms. The lowest BCUT2D eigenvalue weighted by molar-refractivity contribution is -0.131. The summed E-state index contributed by atoms with van der Waals surface area (Å²) in [7, 11) is 0. The Labute approximate surface area is 103 Å². The van der Waals surface area contributed by atoms with Gasteiger partial charge in [-0.15, -0.1) is 0 Å². The van der Waals surface area contributed by atoms with Crippen LogP contribution in [0.1, 0.15) is 27.7 Å². The van der Waals surface area contributed by atoms with Crippen LogP contribution in [-0.4, -0.2) is 37.0 Å². The maximum absolute atomic E-state index is 11.9. The molecule has 5 heteroatoms. The molecule has 5 nitrogen and oxygen atoms in total. The number of amides is 2. The molecule has 0 bridgehead atoms. The highest BCUT2D eigenvalue weighted by Gasteiger charge is 2.31. The molecule has 0 aromatic rings. The number of carbonyl (C=O) groups excluding carboxylic acids is 2. The van der Waals surface area contributed by atoms with E-state index in [9.17, 15) is 9.59 Å². The van der Waals surface area contributed by atoms with Gasteiger partial charge in [0.15, 0.2) is 0 Å². The van der Waals surface area contributed by atoms with Crippen LogP contribution in [0.3, 0.4) is 0 Å². The summed E-state index contributed by atoms with van der Waals surface area (Å²) in [5, 5.41) is 8.72. The number of hydrogen-bond acceptors (Lipinski definition) is 3. The zero-order chi connectivity index (χ0) is 13.0. The van der Waals surface area contributed by atoms with Crippen LogP contribution in [0.25, 0.3) is 0 Å². The van der Waals surface area contributed by atoms with Gasteiger partial charge in [0.25, 0.3) is 0 Å². The Balaban J connectivity index is 2.42. The van der Waals surface area contributed by atoms with Gasteiger partial charge in [-0.1, -0.05) is 6.92 Å². The van der Waals surface area contributed by atoms with Crippen molar-refractivity contribution in [3.05, 3.63) is 0 Å². The molecule has 1 heterocycles. The van der Waals surface area contributed by atoms with Crippen LogP contribution in [0.15, 0.2) is 0 Å². The van der Waals surface area contributed by atoms with Gasteiger partial charge in [0, 0.05) is 12.6 Å². The number of hydrogen-bond donors (Lipinski definition) is 3. The predicted molar refractivity (Wildman–Crippen MR) is 66.4 cm³/mol. The summed E-state index contributed by atoms with van der Waals surface area (Å²) in [4.78, 5) is 23.6. The second-order valence-corrected chi connectivity index (χ2v) is 5.14. The molecular formula is C12H23N3O2. The largest absolute Gasteiger partial charge is 0.352 e. The molecule has 2 amide bonds. The van der Waals surface area contributed by atoms with Crippen molar-refractivity contribution in [2.75, 3.05) is 13.1 Å². The Hall–Kier alpha value is -1.10. The van der Waals surface area contributed by atoms with Gasteiger partial charge in [-0.2, -0.15) is 0 Å². The fraction of sp³-hybridized carbons (Fsp3) is 0.833. The van der Waals surface area contributed by atoms with E-state index in [2.05, 4.69) is 16.0 Å². The van der Waals surface area contributed by atoms with Gasteiger partial charge in [0.2, 0.25) is 11.8 Å². The third-order valence-corrected chi connectivity index (χ3v) is 3.04. The molecule has 0 saturated carbocycles. The van der Waals surface area contributed by atoms with Crippen LogP contribution >= 0.6 is 0 Å². The Morgan fingerprint density at radius 1 is 1.18 bits per heavy atom. The van der Waals surface area contributed by atoms with Gasteiger partial charge in [0.1, 0.15) is 6.04 Å². The lowest BCUT2D eigenvalue weighted by Crippen LogP contribution is -2.49. The number of carbonyl (C=O) groups is 2. The summed E-state index contributed by atoms with van der Waals surface area (Å²) in [6, 6.07) is -0.383. The Morgan fingerprint density at radius 2 is 1.82 bits per heavy atom. The van der Waals surface area contributed by atoms with E-state index in [0.717, 1.165) is 6.54 Å². The van der Waals surface area contributed by atoms with Gasteiger partial charge in [0.05, 0.1) is 5.92 Å². The molecule has 3 N–H and O–H groups in total. The lowest BCUT2D eigenvalue weighted by atomic mass is 9.97. The highest BCUT2D eigenvalue weighted by Crippen LogP contribution is 2.15. The summed E-state index contributed by atoms with van der Waals surface area (Å²) >= 11 is 0. The first kappa shape index (κ1) is 14.0. The fourth-order valence-corrected chi connectivity index (χ4v) is 1.96. The standard InChI is InChI=1S/C12H23N3O2/c1-7(2)14-11(16)9(4)15-12(17)10-6-13-5-8(10)3/h7-10,13H,5-6H2,1-4H3,(H,14,16)(H,15,17). The molecule has 17 heavy (non-hydrogen) atoms. The van der Waals surface area contributed by atoms with Crippen LogP contribution in [0, 0.1) is 11.8 Å². The average molecular weight is 241 g/mol. The quantitative estimate of drug-likeness (QED) is 0.642. The van der Waals surface area contributed by atoms with Gasteiger partial charge in [-0.3, -0.25) is 9.59 Å². The second kappa shape index (κ2) is 6.00. The van der Waals surface area contributed by atoms with Crippen LogP contribution in [0.4, 0.5) is 0 Å². The number of rotatable bonds is 4. The van der Waals surface area contributed by atoms with E-state index in [0.29, 0.717) is 12.5 Å². The monoisotopic (exact) mass is 241 g/mol. The van der Waals surface area contributed by atoms with Crippen molar-refractivity contribution < 1.29 is 9.59 Å². The van der Waals surface area contributed by atoms with E-state index in [1.165, 1.54) is 0 Å². The summed E-state index contributed by atoms with van der Waals surface area (Å²) in [6.07, 6.45) is 0. The molecule has 98 valence electrons. The maximum atomic E-state index is 11.9. The molecule has 1 aliphatic rings. The fourth-order valence-electron chi connectivity index (χ4n) is 1.96. The van der Waals surface area contributed by atoms with Gasteiger partial charge >= 0.3 is 0 Å². The SMILES string of the molecule is CC(C)NC(=O)C(C)NC(=O)C1CNCC1C. The Kier molecular flexibility index (Phi) is 4.93. The maximum Gasteiger partial charge on any atom is 0.242 e. The third kappa shape index (κ3) is 4.00. The van der Waals surface area contributed by atoms with E-state index in [4.69, 9.17) is 0 Å². The van der Waals surface area contributed by atoms with Gasteiger partial charge < -0.3 is 16.0 Å². The molecule has 1 fully saturated rings. The van der Waals surface area contributed by atoms with E-state index in [1.807, 2.05) is 20.8 Å². The molecule has 1 rings (SSSR count). The van der Waals surface area contributed by atoms with E-state index >= 15 is 0 Å².